The van der Waals surface area contributed by atoms with E-state index in [1.807, 2.05) is 28.9 Å². The van der Waals surface area contributed by atoms with Crippen molar-refractivity contribution < 1.29 is 4.79 Å². The molecule has 2 nitrogen and oxygen atoms in total. The average Bonchev–Trinajstić information content (AvgIpc) is 2.67. The summed E-state index contributed by atoms with van der Waals surface area (Å²) >= 11 is 0. The Morgan fingerprint density at radius 2 is 1.08 bits per heavy atom. The van der Waals surface area contributed by atoms with Crippen molar-refractivity contribution in [3.05, 3.63) is 91.0 Å². The molecule has 0 atom stereocenters. The molecule has 0 N–H and O–H groups in total. The van der Waals surface area contributed by atoms with Crippen molar-refractivity contribution in [1.29, 1.82) is 0 Å². The van der Waals surface area contributed by atoms with Crippen LogP contribution < -0.4 is 15.9 Å². The Morgan fingerprint density at radius 1 is 0.692 bits per heavy atom. The minimum Gasteiger partial charge on any atom is -0.339 e. The van der Waals surface area contributed by atoms with E-state index in [9.17, 15) is 4.79 Å². The van der Waals surface area contributed by atoms with E-state index in [-0.39, 0.29) is 5.91 Å². The zero-order valence-corrected chi connectivity index (χ0v) is 15.6. The van der Waals surface area contributed by atoms with Gasteiger partial charge in [-0.2, -0.15) is 0 Å². The Morgan fingerprint density at radius 3 is 1.38 bits per heavy atom. The molecule has 3 heteroatoms. The van der Waals surface area contributed by atoms with Gasteiger partial charge in [-0.25, -0.2) is 0 Å². The predicted molar refractivity (Wildman–Crippen MR) is 112 cm³/mol. The molecule has 1 aliphatic heterocycles. The van der Waals surface area contributed by atoms with Crippen LogP contribution in [0.2, 0.25) is 0 Å². The van der Waals surface area contributed by atoms with Crippen LogP contribution in [0.4, 0.5) is 0 Å². The SMILES string of the molecule is O=C(C=P(c1ccccc1)(c1ccccc1)c1ccccc1)N1CCC1. The second-order valence-corrected chi connectivity index (χ2v) is 9.79. The lowest BCUT2D eigenvalue weighted by molar-refractivity contribution is -0.126. The molecule has 1 saturated heterocycles. The third-order valence-electron chi connectivity index (χ3n) is 4.96. The molecule has 1 heterocycles. The van der Waals surface area contributed by atoms with Gasteiger partial charge in [-0.3, -0.25) is 4.79 Å². The number of rotatable bonds is 4. The minimum absolute atomic E-state index is 0.154. The summed E-state index contributed by atoms with van der Waals surface area (Å²) < 4.78 is 0. The number of amides is 1. The monoisotopic (exact) mass is 359 g/mol. The van der Waals surface area contributed by atoms with E-state index in [0.717, 1.165) is 19.5 Å². The summed E-state index contributed by atoms with van der Waals surface area (Å²) in [4.78, 5) is 15.0. The molecule has 3 aromatic carbocycles. The highest BCUT2D eigenvalue weighted by atomic mass is 31.2. The molecule has 0 spiro atoms. The smallest absolute Gasteiger partial charge is 0.247 e. The van der Waals surface area contributed by atoms with Crippen molar-refractivity contribution >= 4 is 34.5 Å². The van der Waals surface area contributed by atoms with E-state index in [4.69, 9.17) is 0 Å². The van der Waals surface area contributed by atoms with Crippen LogP contribution in [0.3, 0.4) is 0 Å². The van der Waals surface area contributed by atoms with Gasteiger partial charge in [0, 0.05) is 18.9 Å². The Labute approximate surface area is 155 Å². The number of carbonyl (C=O) groups is 1. The summed E-state index contributed by atoms with van der Waals surface area (Å²) in [7, 11) is 0. The first kappa shape index (κ1) is 16.9. The van der Waals surface area contributed by atoms with Crippen molar-refractivity contribution in [3.63, 3.8) is 0 Å². The van der Waals surface area contributed by atoms with Crippen LogP contribution in [0.5, 0.6) is 0 Å². The summed E-state index contributed by atoms with van der Waals surface area (Å²) in [6, 6.07) is 31.5. The second kappa shape index (κ2) is 7.35. The molecule has 0 saturated carbocycles. The highest BCUT2D eigenvalue weighted by Crippen LogP contribution is 2.43. The largest absolute Gasteiger partial charge is 0.339 e. The lowest BCUT2D eigenvalue weighted by Gasteiger charge is -2.33. The number of benzene rings is 3. The van der Waals surface area contributed by atoms with Gasteiger partial charge >= 0.3 is 0 Å². The maximum absolute atomic E-state index is 13.1. The molecule has 0 radical (unpaired) electrons. The third-order valence-corrected chi connectivity index (χ3v) is 8.91. The number of carbonyl (C=O) groups excluding carboxylic acids is 1. The van der Waals surface area contributed by atoms with Gasteiger partial charge < -0.3 is 4.90 Å². The summed E-state index contributed by atoms with van der Waals surface area (Å²) in [5.41, 5.74) is 0. The van der Waals surface area contributed by atoms with Gasteiger partial charge in [-0.15, -0.1) is 0 Å². The van der Waals surface area contributed by atoms with E-state index in [0.29, 0.717) is 0 Å². The molecule has 4 rings (SSSR count). The Kier molecular flexibility index (Phi) is 4.77. The summed E-state index contributed by atoms with van der Waals surface area (Å²) in [5.74, 6) is 2.17. The lowest BCUT2D eigenvalue weighted by Crippen LogP contribution is -2.44. The maximum atomic E-state index is 13.1. The average molecular weight is 359 g/mol. The summed E-state index contributed by atoms with van der Waals surface area (Å²) in [5, 5.41) is 3.64. The first-order valence-corrected chi connectivity index (χ1v) is 10.9. The first-order valence-electron chi connectivity index (χ1n) is 9.01. The number of hydrogen-bond donors (Lipinski definition) is 0. The molecule has 26 heavy (non-hydrogen) atoms. The van der Waals surface area contributed by atoms with Crippen LogP contribution in [0.1, 0.15) is 6.42 Å². The van der Waals surface area contributed by atoms with Crippen LogP contribution in [0.15, 0.2) is 91.0 Å². The van der Waals surface area contributed by atoms with Gasteiger partial charge in [0.2, 0.25) is 5.91 Å². The van der Waals surface area contributed by atoms with Crippen molar-refractivity contribution in [2.45, 2.75) is 6.42 Å². The number of nitrogens with zero attached hydrogens (tertiary/aromatic N) is 1. The third kappa shape index (κ3) is 3.02. The van der Waals surface area contributed by atoms with Crippen LogP contribution in [0.25, 0.3) is 0 Å². The Bertz CT molecular complexity index is 828. The van der Waals surface area contributed by atoms with Crippen molar-refractivity contribution in [2.24, 2.45) is 0 Å². The van der Waals surface area contributed by atoms with Crippen LogP contribution >= 0.6 is 6.89 Å². The fraction of sp³-hybridized carbons (Fsp3) is 0.130. The topological polar surface area (TPSA) is 20.3 Å². The van der Waals surface area contributed by atoms with Gasteiger partial charge in [0.1, 0.15) is 0 Å². The summed E-state index contributed by atoms with van der Waals surface area (Å²) in [6.45, 7) is -0.421. The molecule has 0 aliphatic carbocycles. The maximum Gasteiger partial charge on any atom is 0.247 e. The molecule has 1 fully saturated rings. The van der Waals surface area contributed by atoms with Crippen LogP contribution in [-0.4, -0.2) is 29.7 Å². The fourth-order valence-electron chi connectivity index (χ4n) is 3.44. The van der Waals surface area contributed by atoms with Gasteiger partial charge in [0.15, 0.2) is 0 Å². The fourth-order valence-corrected chi connectivity index (χ4v) is 7.21. The van der Waals surface area contributed by atoms with Crippen LogP contribution in [-0.2, 0) is 4.79 Å². The molecule has 0 bridgehead atoms. The predicted octanol–water partition coefficient (Wildman–Crippen LogP) is 3.02. The molecule has 3 aromatic rings. The molecule has 130 valence electrons. The van der Waals surface area contributed by atoms with E-state index < -0.39 is 6.89 Å². The van der Waals surface area contributed by atoms with Crippen LogP contribution in [0, 0.1) is 0 Å². The van der Waals surface area contributed by atoms with E-state index in [1.54, 1.807) is 0 Å². The Hall–Kier alpha value is -2.57. The first-order chi connectivity index (χ1) is 12.8. The van der Waals surface area contributed by atoms with E-state index in [1.165, 1.54) is 15.9 Å². The van der Waals surface area contributed by atoms with Crippen molar-refractivity contribution in [1.82, 2.24) is 4.90 Å². The molecule has 1 amide bonds. The number of hydrogen-bond acceptors (Lipinski definition) is 1. The number of likely N-dealkylation sites (tertiary alicyclic amines) is 1. The molecule has 0 aromatic heterocycles. The lowest BCUT2D eigenvalue weighted by atomic mass is 10.2. The second-order valence-electron chi connectivity index (χ2n) is 6.54. The molecule has 0 unspecified atom stereocenters. The van der Waals surface area contributed by atoms with Crippen molar-refractivity contribution in [2.75, 3.05) is 13.1 Å². The van der Waals surface area contributed by atoms with Gasteiger partial charge in [-0.1, -0.05) is 91.0 Å². The molecular weight excluding hydrogens is 337 g/mol. The minimum atomic E-state index is -2.16. The molecule has 1 aliphatic rings. The Balaban J connectivity index is 2.03. The molecular formula is C23H22NOP. The highest BCUT2D eigenvalue weighted by Gasteiger charge is 2.28. The van der Waals surface area contributed by atoms with E-state index >= 15 is 0 Å². The highest BCUT2D eigenvalue weighted by molar-refractivity contribution is 7.95. The quantitative estimate of drug-likeness (QED) is 0.656. The standard InChI is InChI=1S/C23H22NOP/c25-23(24-17-10-18-24)19-26(20-11-4-1-5-12-20,21-13-6-2-7-14-21)22-15-8-3-9-16-22/h1-9,11-16,19H,10,17-18H2. The summed E-state index contributed by atoms with van der Waals surface area (Å²) in [6.07, 6.45) is 1.10. The van der Waals surface area contributed by atoms with Gasteiger partial charge in [-0.05, 0) is 29.2 Å². The zero-order chi connectivity index (χ0) is 17.8. The normalized spacial score (nSPS) is 13.8. The van der Waals surface area contributed by atoms with Gasteiger partial charge in [0.05, 0.1) is 0 Å². The van der Waals surface area contributed by atoms with Gasteiger partial charge in [0.25, 0.3) is 0 Å². The van der Waals surface area contributed by atoms with Crippen molar-refractivity contribution in [3.8, 4) is 0 Å². The zero-order valence-electron chi connectivity index (χ0n) is 14.7. The van der Waals surface area contributed by atoms with E-state index in [2.05, 4.69) is 72.8 Å².